The van der Waals surface area contributed by atoms with Gasteiger partial charge in [-0.25, -0.2) is 9.67 Å². The van der Waals surface area contributed by atoms with E-state index in [9.17, 15) is 4.79 Å². The van der Waals surface area contributed by atoms with E-state index in [1.165, 1.54) is 6.33 Å². The van der Waals surface area contributed by atoms with Crippen molar-refractivity contribution in [3.8, 4) is 0 Å². The van der Waals surface area contributed by atoms with Crippen LogP contribution in [-0.4, -0.2) is 38.7 Å². The van der Waals surface area contributed by atoms with Crippen LogP contribution in [0.3, 0.4) is 0 Å². The van der Waals surface area contributed by atoms with E-state index < -0.39 is 0 Å². The maximum Gasteiger partial charge on any atom is 0.244 e. The van der Waals surface area contributed by atoms with Crippen LogP contribution in [0.2, 0.25) is 0 Å². The average molecular weight is 192 g/mol. The molecule has 2 rings (SSSR count). The van der Waals surface area contributed by atoms with E-state index in [1.807, 2.05) is 11.0 Å². The molecule has 0 unspecified atom stereocenters. The smallest absolute Gasteiger partial charge is 0.244 e. The van der Waals surface area contributed by atoms with Gasteiger partial charge in [-0.1, -0.05) is 12.2 Å². The second kappa shape index (κ2) is 4.04. The maximum absolute atomic E-state index is 11.7. The molecular weight excluding hydrogens is 180 g/mol. The molecule has 5 nitrogen and oxygen atoms in total. The summed E-state index contributed by atoms with van der Waals surface area (Å²) in [4.78, 5) is 17.3. The normalized spacial score (nSPS) is 15.9. The minimum absolute atomic E-state index is 0.0971. The summed E-state index contributed by atoms with van der Waals surface area (Å²) in [6.07, 6.45) is 8.05. The Labute approximate surface area is 82.0 Å². The van der Waals surface area contributed by atoms with E-state index in [-0.39, 0.29) is 12.5 Å². The van der Waals surface area contributed by atoms with Gasteiger partial charge in [0.25, 0.3) is 0 Å². The van der Waals surface area contributed by atoms with Crippen molar-refractivity contribution < 1.29 is 4.79 Å². The molecule has 1 aromatic rings. The van der Waals surface area contributed by atoms with Crippen molar-refractivity contribution >= 4 is 5.91 Å². The van der Waals surface area contributed by atoms with E-state index in [2.05, 4.69) is 16.2 Å². The maximum atomic E-state index is 11.7. The Morgan fingerprint density at radius 1 is 1.43 bits per heavy atom. The molecule has 0 aromatic carbocycles. The number of hydrogen-bond donors (Lipinski definition) is 0. The largest absolute Gasteiger partial charge is 0.337 e. The topological polar surface area (TPSA) is 51.0 Å². The third kappa shape index (κ3) is 1.99. The van der Waals surface area contributed by atoms with Crippen LogP contribution < -0.4 is 0 Å². The van der Waals surface area contributed by atoms with E-state index in [0.717, 1.165) is 13.0 Å². The Hall–Kier alpha value is -1.65. The number of rotatable bonds is 2. The molecule has 0 saturated carbocycles. The van der Waals surface area contributed by atoms with Gasteiger partial charge in [-0.3, -0.25) is 4.79 Å². The highest BCUT2D eigenvalue weighted by Crippen LogP contribution is 2.02. The molecule has 1 amide bonds. The zero-order valence-electron chi connectivity index (χ0n) is 7.83. The van der Waals surface area contributed by atoms with Crippen LogP contribution in [0.1, 0.15) is 6.42 Å². The molecule has 0 atom stereocenters. The van der Waals surface area contributed by atoms with Crippen LogP contribution in [-0.2, 0) is 11.3 Å². The lowest BCUT2D eigenvalue weighted by molar-refractivity contribution is -0.131. The van der Waals surface area contributed by atoms with E-state index >= 15 is 0 Å². The Morgan fingerprint density at radius 2 is 2.36 bits per heavy atom. The highest BCUT2D eigenvalue weighted by molar-refractivity contribution is 5.76. The fraction of sp³-hybridized carbons (Fsp3) is 0.444. The minimum Gasteiger partial charge on any atom is -0.337 e. The van der Waals surface area contributed by atoms with Crippen molar-refractivity contribution in [3.05, 3.63) is 24.8 Å². The van der Waals surface area contributed by atoms with E-state index in [1.54, 1.807) is 11.0 Å². The first kappa shape index (κ1) is 8.93. The summed E-state index contributed by atoms with van der Waals surface area (Å²) in [5.41, 5.74) is 0. The zero-order chi connectivity index (χ0) is 9.80. The molecule has 0 aliphatic carbocycles. The van der Waals surface area contributed by atoms with E-state index in [0.29, 0.717) is 6.54 Å². The molecule has 14 heavy (non-hydrogen) atoms. The molecule has 0 N–H and O–H groups in total. The molecule has 2 heterocycles. The Bertz CT molecular complexity index is 331. The van der Waals surface area contributed by atoms with Gasteiger partial charge in [0.2, 0.25) is 5.91 Å². The van der Waals surface area contributed by atoms with E-state index in [4.69, 9.17) is 0 Å². The highest BCUT2D eigenvalue weighted by atomic mass is 16.2. The van der Waals surface area contributed by atoms with Gasteiger partial charge in [-0.15, -0.1) is 0 Å². The predicted octanol–water partition coefficient (Wildman–Crippen LogP) is 0.0666. The van der Waals surface area contributed by atoms with Gasteiger partial charge in [0.05, 0.1) is 0 Å². The first-order chi connectivity index (χ1) is 6.86. The Morgan fingerprint density at radius 3 is 3.00 bits per heavy atom. The molecule has 0 radical (unpaired) electrons. The third-order valence-electron chi connectivity index (χ3n) is 2.17. The number of amides is 1. The van der Waals surface area contributed by atoms with Gasteiger partial charge in [0, 0.05) is 13.1 Å². The summed E-state index contributed by atoms with van der Waals surface area (Å²) < 4.78 is 1.54. The molecule has 1 aliphatic rings. The molecule has 0 spiro atoms. The van der Waals surface area contributed by atoms with Crippen LogP contribution in [0.15, 0.2) is 24.8 Å². The summed E-state index contributed by atoms with van der Waals surface area (Å²) in [5, 5.41) is 3.89. The average Bonchev–Trinajstić information content (AvgIpc) is 2.72. The lowest BCUT2D eigenvalue weighted by Crippen LogP contribution is -2.36. The fourth-order valence-corrected chi connectivity index (χ4v) is 1.42. The first-order valence-corrected chi connectivity index (χ1v) is 4.61. The summed E-state index contributed by atoms with van der Waals surface area (Å²) in [7, 11) is 0. The standard InChI is InChI=1S/C9H12N4O/c14-9(6-13-8-10-7-11-13)12-4-2-1-3-5-12/h1-2,7-8H,3-6H2. The number of carbonyl (C=O) groups is 1. The van der Waals surface area contributed by atoms with Gasteiger partial charge >= 0.3 is 0 Å². The second-order valence-corrected chi connectivity index (χ2v) is 3.19. The van der Waals surface area contributed by atoms with Gasteiger partial charge in [-0.2, -0.15) is 5.10 Å². The van der Waals surface area contributed by atoms with Gasteiger partial charge in [0.1, 0.15) is 19.2 Å². The molecule has 0 fully saturated rings. The van der Waals surface area contributed by atoms with Gasteiger partial charge < -0.3 is 4.90 Å². The molecule has 74 valence electrons. The number of aromatic nitrogens is 3. The van der Waals surface area contributed by atoms with Crippen molar-refractivity contribution in [1.29, 1.82) is 0 Å². The van der Waals surface area contributed by atoms with Gasteiger partial charge in [-0.05, 0) is 6.42 Å². The monoisotopic (exact) mass is 192 g/mol. The van der Waals surface area contributed by atoms with Crippen molar-refractivity contribution in [2.75, 3.05) is 13.1 Å². The molecular formula is C9H12N4O. The lowest BCUT2D eigenvalue weighted by Gasteiger charge is -2.23. The highest BCUT2D eigenvalue weighted by Gasteiger charge is 2.13. The summed E-state index contributed by atoms with van der Waals surface area (Å²) >= 11 is 0. The lowest BCUT2D eigenvalue weighted by atomic mass is 10.2. The quantitative estimate of drug-likeness (QED) is 0.623. The first-order valence-electron chi connectivity index (χ1n) is 4.61. The summed E-state index contributed by atoms with van der Waals surface area (Å²) in [5.74, 6) is 0.0971. The molecule has 0 bridgehead atoms. The zero-order valence-corrected chi connectivity index (χ0v) is 7.83. The van der Waals surface area contributed by atoms with Crippen LogP contribution in [0, 0.1) is 0 Å². The molecule has 5 heteroatoms. The van der Waals surface area contributed by atoms with Crippen LogP contribution in [0.4, 0.5) is 0 Å². The van der Waals surface area contributed by atoms with Crippen LogP contribution in [0.5, 0.6) is 0 Å². The number of hydrogen-bond acceptors (Lipinski definition) is 3. The Kier molecular flexibility index (Phi) is 2.58. The van der Waals surface area contributed by atoms with Crippen LogP contribution >= 0.6 is 0 Å². The molecule has 0 saturated heterocycles. The molecule has 1 aromatic heterocycles. The van der Waals surface area contributed by atoms with Crippen molar-refractivity contribution in [1.82, 2.24) is 19.7 Å². The van der Waals surface area contributed by atoms with Crippen molar-refractivity contribution in [2.45, 2.75) is 13.0 Å². The van der Waals surface area contributed by atoms with Gasteiger partial charge in [0.15, 0.2) is 0 Å². The third-order valence-corrected chi connectivity index (χ3v) is 2.17. The predicted molar refractivity (Wildman–Crippen MR) is 50.4 cm³/mol. The van der Waals surface area contributed by atoms with Crippen LogP contribution in [0.25, 0.3) is 0 Å². The fourth-order valence-electron chi connectivity index (χ4n) is 1.42. The number of nitrogens with zero attached hydrogens (tertiary/aromatic N) is 4. The minimum atomic E-state index is 0.0971. The van der Waals surface area contributed by atoms with Crippen molar-refractivity contribution in [3.63, 3.8) is 0 Å². The Balaban J connectivity index is 1.92. The second-order valence-electron chi connectivity index (χ2n) is 3.19. The molecule has 1 aliphatic heterocycles. The summed E-state index contributed by atoms with van der Waals surface area (Å²) in [6.45, 7) is 1.81. The van der Waals surface area contributed by atoms with Crippen molar-refractivity contribution in [2.24, 2.45) is 0 Å². The SMILES string of the molecule is O=C(Cn1cncn1)N1CC=CCC1. The number of carbonyl (C=O) groups excluding carboxylic acids is 1. The summed E-state index contributed by atoms with van der Waals surface area (Å²) in [6, 6.07) is 0.